The molecule has 0 radical (unpaired) electrons. The van der Waals surface area contributed by atoms with Gasteiger partial charge in [-0.3, -0.25) is 9.89 Å². The van der Waals surface area contributed by atoms with Crippen LogP contribution < -0.4 is 0 Å². The minimum absolute atomic E-state index is 0.496. The van der Waals surface area contributed by atoms with Crippen molar-refractivity contribution in [2.45, 2.75) is 66.3 Å². The first-order valence-corrected chi connectivity index (χ1v) is 8.69. The topological polar surface area (TPSA) is 18.8 Å². The molecule has 21 heavy (non-hydrogen) atoms. The molecule has 1 heterocycles. The van der Waals surface area contributed by atoms with Crippen LogP contribution >= 0.6 is 0 Å². The SMILES string of the molecule is CCCCCCN1CCN(C(C)/C=C(/C)N=C(C)C)CC1. The maximum absolute atomic E-state index is 4.53. The third-order valence-electron chi connectivity index (χ3n) is 4.19. The van der Waals surface area contributed by atoms with Gasteiger partial charge >= 0.3 is 0 Å². The normalized spacial score (nSPS) is 19.6. The Morgan fingerprint density at radius 3 is 2.29 bits per heavy atom. The average molecular weight is 293 g/mol. The second kappa shape index (κ2) is 10.1. The third-order valence-corrected chi connectivity index (χ3v) is 4.19. The molecule has 0 amide bonds. The van der Waals surface area contributed by atoms with Crippen LogP contribution in [0.15, 0.2) is 16.8 Å². The molecule has 1 saturated heterocycles. The van der Waals surface area contributed by atoms with E-state index in [-0.39, 0.29) is 0 Å². The number of unbranched alkanes of at least 4 members (excludes halogenated alkanes) is 3. The van der Waals surface area contributed by atoms with E-state index in [0.29, 0.717) is 6.04 Å². The Bertz CT molecular complexity index is 334. The molecular weight excluding hydrogens is 258 g/mol. The molecule has 0 saturated carbocycles. The van der Waals surface area contributed by atoms with Gasteiger partial charge in [-0.05, 0) is 46.7 Å². The molecule has 0 aromatic heterocycles. The van der Waals surface area contributed by atoms with Crippen LogP contribution in [0.2, 0.25) is 0 Å². The van der Waals surface area contributed by atoms with Crippen molar-refractivity contribution in [1.29, 1.82) is 0 Å². The van der Waals surface area contributed by atoms with Gasteiger partial charge in [-0.2, -0.15) is 0 Å². The van der Waals surface area contributed by atoms with Crippen LogP contribution in [0.25, 0.3) is 0 Å². The van der Waals surface area contributed by atoms with Gasteiger partial charge in [-0.1, -0.05) is 26.2 Å². The number of allylic oxidation sites excluding steroid dienone is 1. The summed E-state index contributed by atoms with van der Waals surface area (Å²) in [6.45, 7) is 16.9. The van der Waals surface area contributed by atoms with E-state index in [4.69, 9.17) is 0 Å². The fourth-order valence-electron chi connectivity index (χ4n) is 3.00. The fraction of sp³-hybridized carbons (Fsp3) is 0.833. The number of nitrogens with zero attached hydrogens (tertiary/aromatic N) is 3. The van der Waals surface area contributed by atoms with E-state index in [9.17, 15) is 0 Å². The number of hydrogen-bond acceptors (Lipinski definition) is 3. The number of piperazine rings is 1. The summed E-state index contributed by atoms with van der Waals surface area (Å²) in [6, 6.07) is 0.496. The molecule has 3 nitrogen and oxygen atoms in total. The monoisotopic (exact) mass is 293 g/mol. The van der Waals surface area contributed by atoms with Crippen molar-refractivity contribution in [3.63, 3.8) is 0 Å². The highest BCUT2D eigenvalue weighted by Gasteiger charge is 2.19. The van der Waals surface area contributed by atoms with Gasteiger partial charge in [0, 0.05) is 43.6 Å². The lowest BCUT2D eigenvalue weighted by Crippen LogP contribution is -2.49. The zero-order chi connectivity index (χ0) is 15.7. The van der Waals surface area contributed by atoms with Crippen molar-refractivity contribution in [3.8, 4) is 0 Å². The minimum atomic E-state index is 0.496. The summed E-state index contributed by atoms with van der Waals surface area (Å²) in [5.41, 5.74) is 2.28. The number of hydrogen-bond donors (Lipinski definition) is 0. The molecule has 1 atom stereocenters. The molecular formula is C18H35N3. The van der Waals surface area contributed by atoms with Crippen molar-refractivity contribution >= 4 is 5.71 Å². The zero-order valence-electron chi connectivity index (χ0n) is 14.9. The van der Waals surface area contributed by atoms with Gasteiger partial charge in [0.15, 0.2) is 0 Å². The molecule has 1 aliphatic rings. The van der Waals surface area contributed by atoms with Gasteiger partial charge in [0.25, 0.3) is 0 Å². The lowest BCUT2D eigenvalue weighted by atomic mass is 10.1. The van der Waals surface area contributed by atoms with Crippen LogP contribution in [0.1, 0.15) is 60.3 Å². The Morgan fingerprint density at radius 1 is 1.05 bits per heavy atom. The van der Waals surface area contributed by atoms with E-state index in [1.54, 1.807) is 0 Å². The van der Waals surface area contributed by atoms with E-state index in [2.05, 4.69) is 55.5 Å². The molecule has 1 aliphatic heterocycles. The minimum Gasteiger partial charge on any atom is -0.301 e. The maximum Gasteiger partial charge on any atom is 0.0347 e. The highest BCUT2D eigenvalue weighted by molar-refractivity contribution is 5.80. The van der Waals surface area contributed by atoms with Gasteiger partial charge in [0.05, 0.1) is 0 Å². The second-order valence-corrected chi connectivity index (χ2v) is 6.55. The Kier molecular flexibility index (Phi) is 8.86. The summed E-state index contributed by atoms with van der Waals surface area (Å²) >= 11 is 0. The third kappa shape index (κ3) is 7.77. The lowest BCUT2D eigenvalue weighted by molar-refractivity contribution is 0.115. The van der Waals surface area contributed by atoms with Crippen molar-refractivity contribution in [3.05, 3.63) is 11.8 Å². The molecule has 1 rings (SSSR count). The van der Waals surface area contributed by atoms with Gasteiger partial charge < -0.3 is 4.90 Å². The van der Waals surface area contributed by atoms with E-state index in [0.717, 1.165) is 11.4 Å². The molecule has 1 fully saturated rings. The summed E-state index contributed by atoms with van der Waals surface area (Å²) in [6.07, 6.45) is 7.77. The van der Waals surface area contributed by atoms with Crippen LogP contribution in [0.4, 0.5) is 0 Å². The standard InChI is InChI=1S/C18H35N3/c1-6-7-8-9-10-20-11-13-21(14-12-20)18(5)15-17(4)19-16(2)3/h15,18H,6-14H2,1-5H3/b17-15-. The van der Waals surface area contributed by atoms with Crippen molar-refractivity contribution in [2.24, 2.45) is 4.99 Å². The van der Waals surface area contributed by atoms with Gasteiger partial charge in [-0.25, -0.2) is 0 Å². The Morgan fingerprint density at radius 2 is 1.71 bits per heavy atom. The van der Waals surface area contributed by atoms with E-state index in [1.165, 1.54) is 58.4 Å². The molecule has 1 unspecified atom stereocenters. The molecule has 0 aromatic rings. The number of aliphatic imine (C=N–C) groups is 1. The summed E-state index contributed by atoms with van der Waals surface area (Å²) in [5.74, 6) is 0. The lowest BCUT2D eigenvalue weighted by Gasteiger charge is -2.37. The summed E-state index contributed by atoms with van der Waals surface area (Å²) in [4.78, 5) is 9.73. The first-order chi connectivity index (χ1) is 10.0. The predicted octanol–water partition coefficient (Wildman–Crippen LogP) is 3.96. The van der Waals surface area contributed by atoms with Crippen LogP contribution in [0.5, 0.6) is 0 Å². The smallest absolute Gasteiger partial charge is 0.0347 e. The fourth-order valence-corrected chi connectivity index (χ4v) is 3.00. The molecule has 0 aromatic carbocycles. The second-order valence-electron chi connectivity index (χ2n) is 6.55. The van der Waals surface area contributed by atoms with E-state index in [1.807, 2.05) is 0 Å². The van der Waals surface area contributed by atoms with Crippen LogP contribution in [0.3, 0.4) is 0 Å². The largest absolute Gasteiger partial charge is 0.301 e. The van der Waals surface area contributed by atoms with Crippen molar-refractivity contribution in [2.75, 3.05) is 32.7 Å². The van der Waals surface area contributed by atoms with Crippen molar-refractivity contribution < 1.29 is 0 Å². The predicted molar refractivity (Wildman–Crippen MR) is 94.2 cm³/mol. The van der Waals surface area contributed by atoms with Gasteiger partial charge in [-0.15, -0.1) is 0 Å². The maximum atomic E-state index is 4.53. The summed E-state index contributed by atoms with van der Waals surface area (Å²) in [7, 11) is 0. The molecule has 0 bridgehead atoms. The first kappa shape index (κ1) is 18.4. The van der Waals surface area contributed by atoms with Gasteiger partial charge in [0.2, 0.25) is 0 Å². The van der Waals surface area contributed by atoms with Crippen LogP contribution in [0, 0.1) is 0 Å². The average Bonchev–Trinajstić information content (AvgIpc) is 2.43. The molecule has 122 valence electrons. The number of rotatable bonds is 8. The molecule has 0 spiro atoms. The van der Waals surface area contributed by atoms with Gasteiger partial charge in [0.1, 0.15) is 0 Å². The highest BCUT2D eigenvalue weighted by Crippen LogP contribution is 2.11. The Labute approximate surface area is 132 Å². The Balaban J connectivity index is 2.30. The zero-order valence-corrected chi connectivity index (χ0v) is 14.9. The highest BCUT2D eigenvalue weighted by atomic mass is 15.3. The quantitative estimate of drug-likeness (QED) is 0.498. The Hall–Kier alpha value is -0.670. The molecule has 3 heteroatoms. The van der Waals surface area contributed by atoms with Crippen LogP contribution in [-0.2, 0) is 0 Å². The van der Waals surface area contributed by atoms with Crippen LogP contribution in [-0.4, -0.2) is 54.3 Å². The van der Waals surface area contributed by atoms with E-state index < -0.39 is 0 Å². The molecule has 0 aliphatic carbocycles. The molecule has 0 N–H and O–H groups in total. The van der Waals surface area contributed by atoms with E-state index >= 15 is 0 Å². The summed E-state index contributed by atoms with van der Waals surface area (Å²) in [5, 5.41) is 0. The first-order valence-electron chi connectivity index (χ1n) is 8.69. The summed E-state index contributed by atoms with van der Waals surface area (Å²) < 4.78 is 0. The van der Waals surface area contributed by atoms with Crippen molar-refractivity contribution in [1.82, 2.24) is 9.80 Å².